The maximum atomic E-state index is 13.2. The Balaban J connectivity index is 1.58. The molecule has 1 fully saturated rings. The number of carbonyl (C=O) groups is 1. The maximum Gasteiger partial charge on any atom is 0.416 e. The summed E-state index contributed by atoms with van der Waals surface area (Å²) in [5, 5.41) is 2.63. The van der Waals surface area contributed by atoms with E-state index in [0.29, 0.717) is 37.6 Å². The molecule has 0 aliphatic carbocycles. The van der Waals surface area contributed by atoms with Gasteiger partial charge in [-0.2, -0.15) is 13.2 Å². The second-order valence-corrected chi connectivity index (χ2v) is 7.27. The topological polar surface area (TPSA) is 35.6 Å². The molecule has 0 saturated carbocycles. The van der Waals surface area contributed by atoms with Crippen LogP contribution in [0.4, 0.5) is 28.9 Å². The highest BCUT2D eigenvalue weighted by atomic mass is 35.5. The fraction of sp³-hybridized carbons (Fsp3) is 0.350. The summed E-state index contributed by atoms with van der Waals surface area (Å²) in [6, 6.07) is 8.73. The Labute approximate surface area is 171 Å². The standard InChI is InChI=1S/C20H20ClF4N3O/c1-13(19(29)26-15-5-6-18(22)17(21)12-15)27-7-9-28(10-8-27)16-4-2-3-14(11-16)20(23,24)25/h2-6,11-13H,7-10H2,1H3,(H,26,29). The molecule has 1 unspecified atom stereocenters. The van der Waals surface area contributed by atoms with Gasteiger partial charge in [-0.1, -0.05) is 17.7 Å². The predicted octanol–water partition coefficient (Wildman–Crippen LogP) is 4.65. The van der Waals surface area contributed by atoms with E-state index in [4.69, 9.17) is 11.6 Å². The number of nitrogens with zero attached hydrogens (tertiary/aromatic N) is 2. The van der Waals surface area contributed by atoms with Gasteiger partial charge in [-0.3, -0.25) is 9.69 Å². The first-order valence-electron chi connectivity index (χ1n) is 9.07. The monoisotopic (exact) mass is 429 g/mol. The highest BCUT2D eigenvalue weighted by molar-refractivity contribution is 6.31. The Kier molecular flexibility index (Phi) is 6.33. The van der Waals surface area contributed by atoms with Gasteiger partial charge < -0.3 is 10.2 Å². The van der Waals surface area contributed by atoms with Crippen LogP contribution in [0.5, 0.6) is 0 Å². The molecule has 1 heterocycles. The van der Waals surface area contributed by atoms with E-state index in [2.05, 4.69) is 5.32 Å². The number of carbonyl (C=O) groups excluding carboxylic acids is 1. The number of nitrogens with one attached hydrogen (secondary N) is 1. The molecule has 4 nitrogen and oxygen atoms in total. The number of piperazine rings is 1. The van der Waals surface area contributed by atoms with E-state index in [0.717, 1.165) is 12.1 Å². The van der Waals surface area contributed by atoms with Crippen molar-refractivity contribution in [3.8, 4) is 0 Å². The van der Waals surface area contributed by atoms with E-state index < -0.39 is 23.6 Å². The Morgan fingerprint density at radius 1 is 1.10 bits per heavy atom. The molecular weight excluding hydrogens is 410 g/mol. The summed E-state index contributed by atoms with van der Waals surface area (Å²) >= 11 is 5.73. The lowest BCUT2D eigenvalue weighted by molar-refractivity contribution is -0.137. The molecule has 156 valence electrons. The van der Waals surface area contributed by atoms with Crippen LogP contribution in [-0.2, 0) is 11.0 Å². The molecule has 1 N–H and O–H groups in total. The summed E-state index contributed by atoms with van der Waals surface area (Å²) in [5.74, 6) is -0.830. The van der Waals surface area contributed by atoms with Gasteiger partial charge >= 0.3 is 6.18 Å². The van der Waals surface area contributed by atoms with Crippen molar-refractivity contribution in [3.05, 3.63) is 58.9 Å². The number of benzene rings is 2. The van der Waals surface area contributed by atoms with E-state index in [1.165, 1.54) is 24.3 Å². The third-order valence-electron chi connectivity index (χ3n) is 4.97. The van der Waals surface area contributed by atoms with Crippen LogP contribution in [-0.4, -0.2) is 43.0 Å². The summed E-state index contributed by atoms with van der Waals surface area (Å²) in [6.07, 6.45) is -4.38. The first kappa shape index (κ1) is 21.4. The van der Waals surface area contributed by atoms with E-state index in [1.54, 1.807) is 13.0 Å². The van der Waals surface area contributed by atoms with Crippen LogP contribution in [0.2, 0.25) is 5.02 Å². The van der Waals surface area contributed by atoms with Gasteiger partial charge in [0.05, 0.1) is 16.6 Å². The summed E-state index contributed by atoms with van der Waals surface area (Å²) in [7, 11) is 0. The van der Waals surface area contributed by atoms with Gasteiger partial charge in [0.15, 0.2) is 0 Å². The molecule has 0 aromatic heterocycles. The zero-order chi connectivity index (χ0) is 21.2. The molecule has 1 atom stereocenters. The first-order chi connectivity index (χ1) is 13.6. The van der Waals surface area contributed by atoms with Gasteiger partial charge in [0.2, 0.25) is 5.91 Å². The van der Waals surface area contributed by atoms with Crippen molar-refractivity contribution in [2.24, 2.45) is 0 Å². The second kappa shape index (κ2) is 8.59. The Morgan fingerprint density at radius 3 is 2.41 bits per heavy atom. The molecule has 9 heteroatoms. The quantitative estimate of drug-likeness (QED) is 0.719. The van der Waals surface area contributed by atoms with E-state index in [9.17, 15) is 22.4 Å². The lowest BCUT2D eigenvalue weighted by Gasteiger charge is -2.38. The van der Waals surface area contributed by atoms with Gasteiger partial charge in [-0.05, 0) is 43.3 Å². The van der Waals surface area contributed by atoms with Crippen LogP contribution in [0.25, 0.3) is 0 Å². The van der Waals surface area contributed by atoms with Crippen LogP contribution >= 0.6 is 11.6 Å². The van der Waals surface area contributed by atoms with Crippen molar-refractivity contribution in [2.75, 3.05) is 36.4 Å². The number of alkyl halides is 3. The number of hydrogen-bond donors (Lipinski definition) is 1. The lowest BCUT2D eigenvalue weighted by atomic mass is 10.1. The number of rotatable bonds is 4. The fourth-order valence-electron chi connectivity index (χ4n) is 3.23. The minimum absolute atomic E-state index is 0.0786. The van der Waals surface area contributed by atoms with Crippen LogP contribution in [0, 0.1) is 5.82 Å². The molecule has 29 heavy (non-hydrogen) atoms. The highest BCUT2D eigenvalue weighted by Gasteiger charge is 2.31. The normalized spacial score (nSPS) is 16.6. The number of hydrogen-bond acceptors (Lipinski definition) is 3. The van der Waals surface area contributed by atoms with Crippen molar-refractivity contribution < 1.29 is 22.4 Å². The van der Waals surface area contributed by atoms with Crippen molar-refractivity contribution in [3.63, 3.8) is 0 Å². The molecule has 1 amide bonds. The summed E-state index contributed by atoms with van der Waals surface area (Å²) < 4.78 is 52.0. The third kappa shape index (κ3) is 5.19. The Bertz CT molecular complexity index is 882. The smallest absolute Gasteiger partial charge is 0.369 e. The number of amides is 1. The third-order valence-corrected chi connectivity index (χ3v) is 5.26. The molecule has 0 radical (unpaired) electrons. The van der Waals surface area contributed by atoms with Crippen molar-refractivity contribution in [2.45, 2.75) is 19.1 Å². The van der Waals surface area contributed by atoms with Crippen molar-refractivity contribution in [1.82, 2.24) is 4.90 Å². The number of halogens is 5. The predicted molar refractivity (Wildman–Crippen MR) is 105 cm³/mol. The summed E-state index contributed by atoms with van der Waals surface area (Å²) in [6.45, 7) is 3.80. The minimum atomic E-state index is -4.38. The molecule has 0 spiro atoms. The average molecular weight is 430 g/mol. The molecule has 2 aromatic rings. The second-order valence-electron chi connectivity index (χ2n) is 6.87. The van der Waals surface area contributed by atoms with E-state index in [1.807, 2.05) is 9.80 Å². The molecule has 0 bridgehead atoms. The van der Waals surface area contributed by atoms with Gasteiger partial charge in [-0.25, -0.2) is 4.39 Å². The maximum absolute atomic E-state index is 13.2. The minimum Gasteiger partial charge on any atom is -0.369 e. The van der Waals surface area contributed by atoms with Crippen LogP contribution < -0.4 is 10.2 Å². The van der Waals surface area contributed by atoms with Gasteiger partial charge in [0.25, 0.3) is 0 Å². The highest BCUT2D eigenvalue weighted by Crippen LogP contribution is 2.32. The Morgan fingerprint density at radius 2 is 1.79 bits per heavy atom. The number of anilines is 2. The van der Waals surface area contributed by atoms with Crippen LogP contribution in [0.1, 0.15) is 12.5 Å². The molecule has 1 saturated heterocycles. The molecule has 3 rings (SSSR count). The van der Waals surface area contributed by atoms with Crippen LogP contribution in [0.3, 0.4) is 0 Å². The van der Waals surface area contributed by atoms with Crippen molar-refractivity contribution >= 4 is 28.9 Å². The lowest BCUT2D eigenvalue weighted by Crippen LogP contribution is -2.52. The zero-order valence-electron chi connectivity index (χ0n) is 15.6. The first-order valence-corrected chi connectivity index (χ1v) is 9.45. The largest absolute Gasteiger partial charge is 0.416 e. The zero-order valence-corrected chi connectivity index (χ0v) is 16.4. The van der Waals surface area contributed by atoms with Crippen molar-refractivity contribution in [1.29, 1.82) is 0 Å². The molecule has 2 aromatic carbocycles. The SMILES string of the molecule is CC(C(=O)Nc1ccc(F)c(Cl)c1)N1CCN(c2cccc(C(F)(F)F)c2)CC1. The van der Waals surface area contributed by atoms with Gasteiger partial charge in [-0.15, -0.1) is 0 Å². The van der Waals surface area contributed by atoms with Crippen LogP contribution in [0.15, 0.2) is 42.5 Å². The molecule has 1 aliphatic heterocycles. The molecule has 1 aliphatic rings. The summed E-state index contributed by atoms with van der Waals surface area (Å²) in [4.78, 5) is 16.3. The van der Waals surface area contributed by atoms with E-state index in [-0.39, 0.29) is 10.9 Å². The van der Waals surface area contributed by atoms with E-state index >= 15 is 0 Å². The Hall–Kier alpha value is -2.32. The average Bonchev–Trinajstić information content (AvgIpc) is 2.70. The van der Waals surface area contributed by atoms with Gasteiger partial charge in [0, 0.05) is 37.6 Å². The van der Waals surface area contributed by atoms with Gasteiger partial charge in [0.1, 0.15) is 5.82 Å². The molecular formula is C20H20ClF4N3O. The fourth-order valence-corrected chi connectivity index (χ4v) is 3.41. The summed E-state index contributed by atoms with van der Waals surface area (Å²) in [5.41, 5.74) is 0.233.